The molecule has 0 bridgehead atoms. The minimum absolute atomic E-state index is 0.0710. The van der Waals surface area contributed by atoms with Gasteiger partial charge in [0.25, 0.3) is 0 Å². The molecule has 174 valence electrons. The van der Waals surface area contributed by atoms with Crippen molar-refractivity contribution >= 4 is 5.91 Å². The zero-order chi connectivity index (χ0) is 23.3. The van der Waals surface area contributed by atoms with Crippen molar-refractivity contribution in [3.05, 3.63) is 35.1 Å². The molecule has 1 amide bonds. The van der Waals surface area contributed by atoms with Crippen molar-refractivity contribution in [1.82, 2.24) is 21.1 Å². The zero-order valence-corrected chi connectivity index (χ0v) is 16.4. The predicted octanol–water partition coefficient (Wildman–Crippen LogP) is 2.62. The first-order valence-corrected chi connectivity index (χ1v) is 9.41. The highest BCUT2D eigenvalue weighted by molar-refractivity contribution is 5.81. The normalized spacial score (nSPS) is 28.5. The highest BCUT2D eigenvalue weighted by Gasteiger charge is 2.54. The van der Waals surface area contributed by atoms with Crippen molar-refractivity contribution in [3.63, 3.8) is 0 Å². The first-order chi connectivity index (χ1) is 14.2. The van der Waals surface area contributed by atoms with Gasteiger partial charge in [0.2, 0.25) is 5.91 Å². The molecular formula is C18H21F7N4O2. The number of carbonyl (C=O) groups excluding carboxylic acids is 1. The van der Waals surface area contributed by atoms with Crippen LogP contribution in [-0.2, 0) is 11.0 Å². The Bertz CT molecular complexity index is 830. The summed E-state index contributed by atoms with van der Waals surface area (Å²) in [7, 11) is 0. The summed E-state index contributed by atoms with van der Waals surface area (Å²) in [4.78, 5) is 12.3. The highest BCUT2D eigenvalue weighted by Crippen LogP contribution is 2.40. The molecule has 2 aliphatic heterocycles. The van der Waals surface area contributed by atoms with Gasteiger partial charge in [0.15, 0.2) is 6.35 Å². The summed E-state index contributed by atoms with van der Waals surface area (Å²) in [5.74, 6) is -4.02. The molecule has 31 heavy (non-hydrogen) atoms. The number of carbonyl (C=O) groups is 1. The van der Waals surface area contributed by atoms with Crippen molar-refractivity contribution in [2.24, 2.45) is 11.8 Å². The van der Waals surface area contributed by atoms with Gasteiger partial charge in [-0.25, -0.2) is 14.8 Å². The van der Waals surface area contributed by atoms with Crippen LogP contribution in [0.2, 0.25) is 0 Å². The summed E-state index contributed by atoms with van der Waals surface area (Å²) in [6, 6.07) is -0.0142. The van der Waals surface area contributed by atoms with E-state index in [1.807, 2.05) is 0 Å². The summed E-state index contributed by atoms with van der Waals surface area (Å²) in [5.41, 5.74) is 1.22. The molecule has 13 heteroatoms. The van der Waals surface area contributed by atoms with E-state index >= 15 is 0 Å². The van der Waals surface area contributed by atoms with Crippen LogP contribution < -0.4 is 16.1 Å². The fourth-order valence-corrected chi connectivity index (χ4v) is 4.18. The molecule has 2 heterocycles. The molecule has 1 aromatic carbocycles. The van der Waals surface area contributed by atoms with Crippen LogP contribution in [0.15, 0.2) is 18.2 Å². The number of amides is 1. The monoisotopic (exact) mass is 458 g/mol. The largest absolute Gasteiger partial charge is 0.419 e. The number of alkyl halides is 6. The zero-order valence-electron chi connectivity index (χ0n) is 16.4. The highest BCUT2D eigenvalue weighted by atomic mass is 19.4. The number of aliphatic hydroxyl groups excluding tert-OH is 1. The molecule has 5 atom stereocenters. The smallest absolute Gasteiger partial charge is 0.361 e. The van der Waals surface area contributed by atoms with Crippen LogP contribution in [0.4, 0.5) is 30.7 Å². The fraction of sp³-hybridized carbons (Fsp3) is 0.611. The Hall–Kier alpha value is -1.96. The van der Waals surface area contributed by atoms with E-state index in [0.717, 1.165) is 6.07 Å². The Morgan fingerprint density at radius 2 is 1.81 bits per heavy atom. The minimum Gasteiger partial charge on any atom is -0.361 e. The summed E-state index contributed by atoms with van der Waals surface area (Å²) < 4.78 is 92.1. The maximum atomic E-state index is 14.2. The van der Waals surface area contributed by atoms with E-state index in [9.17, 15) is 40.6 Å². The average molecular weight is 458 g/mol. The average Bonchev–Trinajstić information content (AvgIpc) is 2.89. The van der Waals surface area contributed by atoms with E-state index in [-0.39, 0.29) is 5.56 Å². The van der Waals surface area contributed by atoms with Crippen LogP contribution in [0.1, 0.15) is 37.4 Å². The number of nitrogens with one attached hydrogen (secondary N) is 3. The Balaban J connectivity index is 2.00. The molecule has 6 nitrogen and oxygen atoms in total. The lowest BCUT2D eigenvalue weighted by Gasteiger charge is -2.40. The standard InChI is InChI=1S/C18H21F7N4O2/c1-7(2)13(8-3-4-9(10(19)5-8)18(23,24)25)29-14-12(15(30)27-16(31)26-14)11(28-29)6-17(20,21)22/h3-5,7,11-14,16,26,28,31H,6H2,1-2H3,(H,27,30)/t11?,12?,13-,14?,16?/m0/s1. The lowest BCUT2D eigenvalue weighted by molar-refractivity contribution is -0.147. The molecule has 0 aromatic heterocycles. The van der Waals surface area contributed by atoms with E-state index in [2.05, 4.69) is 16.1 Å². The molecule has 0 spiro atoms. The topological polar surface area (TPSA) is 76.6 Å². The van der Waals surface area contributed by atoms with Gasteiger partial charge < -0.3 is 10.4 Å². The third-order valence-corrected chi connectivity index (χ3v) is 5.32. The molecule has 4 N–H and O–H groups in total. The molecule has 2 saturated heterocycles. The van der Waals surface area contributed by atoms with E-state index < -0.39 is 72.5 Å². The number of rotatable bonds is 4. The second-order valence-corrected chi connectivity index (χ2v) is 7.94. The lowest BCUT2D eigenvalue weighted by Crippen LogP contribution is -2.65. The third-order valence-electron chi connectivity index (χ3n) is 5.32. The van der Waals surface area contributed by atoms with Crippen LogP contribution in [0.5, 0.6) is 0 Å². The number of nitrogens with zero attached hydrogens (tertiary/aromatic N) is 1. The quantitative estimate of drug-likeness (QED) is 0.522. The van der Waals surface area contributed by atoms with E-state index in [1.165, 1.54) is 5.01 Å². The first kappa shape index (κ1) is 23.7. The second-order valence-electron chi connectivity index (χ2n) is 7.94. The van der Waals surface area contributed by atoms with Crippen LogP contribution in [0, 0.1) is 17.7 Å². The van der Waals surface area contributed by atoms with Gasteiger partial charge in [0.05, 0.1) is 30.1 Å². The van der Waals surface area contributed by atoms with Gasteiger partial charge in [-0.05, 0) is 23.6 Å². The maximum Gasteiger partial charge on any atom is 0.419 e. The number of hydrazine groups is 1. The maximum absolute atomic E-state index is 14.2. The number of fused-ring (bicyclic) bond motifs is 1. The van der Waals surface area contributed by atoms with Gasteiger partial charge in [0, 0.05) is 6.04 Å². The molecular weight excluding hydrogens is 437 g/mol. The van der Waals surface area contributed by atoms with Crippen LogP contribution in [0.25, 0.3) is 0 Å². The van der Waals surface area contributed by atoms with Crippen molar-refractivity contribution in [2.75, 3.05) is 0 Å². The summed E-state index contributed by atoms with van der Waals surface area (Å²) in [6.45, 7) is 3.29. The Morgan fingerprint density at radius 1 is 1.16 bits per heavy atom. The summed E-state index contributed by atoms with van der Waals surface area (Å²) >= 11 is 0. The third kappa shape index (κ3) is 4.94. The second kappa shape index (κ2) is 8.19. The van der Waals surface area contributed by atoms with Gasteiger partial charge in [-0.3, -0.25) is 10.1 Å². The SMILES string of the molecule is CC(C)[C@@H](c1ccc(C(F)(F)F)c(F)c1)N1NC(CC(F)(F)F)C2C(=O)NC(O)NC21. The number of hydrogen-bond donors (Lipinski definition) is 4. The molecule has 2 fully saturated rings. The molecule has 0 saturated carbocycles. The number of hydrogen-bond acceptors (Lipinski definition) is 5. The molecule has 2 aliphatic rings. The number of aliphatic hydroxyl groups is 1. The van der Waals surface area contributed by atoms with Crippen molar-refractivity contribution in [3.8, 4) is 0 Å². The first-order valence-electron chi connectivity index (χ1n) is 9.41. The molecule has 0 aliphatic carbocycles. The van der Waals surface area contributed by atoms with Crippen molar-refractivity contribution < 1.29 is 40.6 Å². The van der Waals surface area contributed by atoms with Crippen LogP contribution in [-0.4, -0.2) is 40.8 Å². The van der Waals surface area contributed by atoms with E-state index in [0.29, 0.717) is 12.1 Å². The Morgan fingerprint density at radius 3 is 2.32 bits per heavy atom. The molecule has 3 rings (SSSR count). The Kier molecular flexibility index (Phi) is 6.26. The minimum atomic E-state index is -4.90. The lowest BCUT2D eigenvalue weighted by atomic mass is 9.91. The predicted molar refractivity (Wildman–Crippen MR) is 93.0 cm³/mol. The van der Waals surface area contributed by atoms with Gasteiger partial charge in [-0.1, -0.05) is 19.9 Å². The van der Waals surface area contributed by atoms with Gasteiger partial charge in [0.1, 0.15) is 5.82 Å². The van der Waals surface area contributed by atoms with E-state index in [4.69, 9.17) is 0 Å². The van der Waals surface area contributed by atoms with E-state index in [1.54, 1.807) is 13.8 Å². The van der Waals surface area contributed by atoms with Crippen molar-refractivity contribution in [1.29, 1.82) is 0 Å². The van der Waals surface area contributed by atoms with Crippen molar-refractivity contribution in [2.45, 2.75) is 57.2 Å². The summed E-state index contributed by atoms with van der Waals surface area (Å²) in [5, 5.41) is 15.8. The fourth-order valence-electron chi connectivity index (χ4n) is 4.18. The Labute approximate surface area is 172 Å². The molecule has 0 radical (unpaired) electrons. The number of benzene rings is 1. The van der Waals surface area contributed by atoms with Gasteiger partial charge in [-0.15, -0.1) is 0 Å². The molecule has 1 aromatic rings. The van der Waals surface area contributed by atoms with Gasteiger partial charge >= 0.3 is 12.4 Å². The molecule has 4 unspecified atom stereocenters. The van der Waals surface area contributed by atoms with Crippen LogP contribution >= 0.6 is 0 Å². The van der Waals surface area contributed by atoms with Gasteiger partial charge in [-0.2, -0.15) is 26.3 Å². The van der Waals surface area contributed by atoms with Crippen LogP contribution in [0.3, 0.4) is 0 Å². The number of halogens is 7. The summed E-state index contributed by atoms with van der Waals surface area (Å²) in [6.07, 6.45) is -13.5.